The molecule has 0 bridgehead atoms. The van der Waals surface area contributed by atoms with Crippen LogP contribution in [0.4, 0.5) is 19.1 Å². The summed E-state index contributed by atoms with van der Waals surface area (Å²) in [6, 6.07) is 4.90. The third-order valence-corrected chi connectivity index (χ3v) is 5.20. The van der Waals surface area contributed by atoms with Crippen molar-refractivity contribution in [2.45, 2.75) is 51.1 Å². The van der Waals surface area contributed by atoms with Crippen LogP contribution in [0, 0.1) is 0 Å². The molecule has 0 spiro atoms. The van der Waals surface area contributed by atoms with Crippen LogP contribution in [0.25, 0.3) is 0 Å². The van der Waals surface area contributed by atoms with Crippen molar-refractivity contribution in [1.82, 2.24) is 14.9 Å². The van der Waals surface area contributed by atoms with Crippen molar-refractivity contribution in [3.05, 3.63) is 47.3 Å². The number of ether oxygens (including phenoxy) is 1. The zero-order chi connectivity index (χ0) is 20.6. The van der Waals surface area contributed by atoms with Crippen molar-refractivity contribution in [1.29, 1.82) is 0 Å². The monoisotopic (exact) mass is 406 g/mol. The second-order valence-electron chi connectivity index (χ2n) is 7.52. The molecule has 1 saturated heterocycles. The van der Waals surface area contributed by atoms with E-state index in [0.29, 0.717) is 17.1 Å². The van der Waals surface area contributed by atoms with Gasteiger partial charge in [-0.25, -0.2) is 9.97 Å². The van der Waals surface area contributed by atoms with Gasteiger partial charge in [-0.2, -0.15) is 0 Å². The molecule has 29 heavy (non-hydrogen) atoms. The zero-order valence-electron chi connectivity index (χ0n) is 15.9. The lowest BCUT2D eigenvalue weighted by atomic mass is 10.0. The van der Waals surface area contributed by atoms with E-state index in [1.54, 1.807) is 4.90 Å². The Morgan fingerprint density at radius 3 is 2.48 bits per heavy atom. The Morgan fingerprint density at radius 1 is 1.21 bits per heavy atom. The number of aromatic nitrogens is 2. The van der Waals surface area contributed by atoms with E-state index < -0.39 is 6.36 Å². The average molecular weight is 406 g/mol. The first kappa shape index (κ1) is 19.5. The molecule has 1 aliphatic carbocycles. The molecular weight excluding hydrogens is 385 g/mol. The smallest absolute Gasteiger partial charge is 0.406 e. The molecule has 1 aromatic carbocycles. The maximum Gasteiger partial charge on any atom is 0.573 e. The number of anilines is 1. The van der Waals surface area contributed by atoms with Crippen LogP contribution in [-0.2, 0) is 6.54 Å². The van der Waals surface area contributed by atoms with Crippen molar-refractivity contribution in [2.75, 3.05) is 11.9 Å². The number of carbonyl (C=O) groups excluding carboxylic acids is 1. The average Bonchev–Trinajstić information content (AvgIpc) is 3.49. The van der Waals surface area contributed by atoms with Gasteiger partial charge in [-0.1, -0.05) is 6.07 Å². The molecule has 1 aliphatic heterocycles. The van der Waals surface area contributed by atoms with Gasteiger partial charge in [-0.3, -0.25) is 4.79 Å². The molecule has 4 rings (SSSR count). The zero-order valence-corrected chi connectivity index (χ0v) is 15.9. The SMILES string of the molecule is CC1CCN1C(=O)c1cnc(NCc2cc(OC(F)(F)F)cc(C3CC3)c2)nc1. The summed E-state index contributed by atoms with van der Waals surface area (Å²) in [6.07, 6.45) is 1.12. The number of amides is 1. The van der Waals surface area contributed by atoms with Gasteiger partial charge in [0, 0.05) is 31.5 Å². The summed E-state index contributed by atoms with van der Waals surface area (Å²) >= 11 is 0. The number of benzene rings is 1. The molecule has 2 heterocycles. The molecule has 1 saturated carbocycles. The molecule has 154 valence electrons. The molecular formula is C20H21F3N4O2. The Labute approximate surface area is 166 Å². The van der Waals surface area contributed by atoms with Gasteiger partial charge in [0.25, 0.3) is 5.91 Å². The summed E-state index contributed by atoms with van der Waals surface area (Å²) in [7, 11) is 0. The van der Waals surface area contributed by atoms with Crippen molar-refractivity contribution >= 4 is 11.9 Å². The Hall–Kier alpha value is -2.84. The predicted molar refractivity (Wildman–Crippen MR) is 99.6 cm³/mol. The summed E-state index contributed by atoms with van der Waals surface area (Å²) in [6.45, 7) is 2.97. The summed E-state index contributed by atoms with van der Waals surface area (Å²) in [5.74, 6) is 0.273. The lowest BCUT2D eigenvalue weighted by Crippen LogP contribution is -2.49. The highest BCUT2D eigenvalue weighted by molar-refractivity contribution is 5.94. The van der Waals surface area contributed by atoms with Crippen LogP contribution in [0.15, 0.2) is 30.6 Å². The molecule has 1 aromatic heterocycles. The third kappa shape index (κ3) is 4.78. The first-order valence-electron chi connectivity index (χ1n) is 9.55. The van der Waals surface area contributed by atoms with Crippen LogP contribution < -0.4 is 10.1 Å². The van der Waals surface area contributed by atoms with E-state index in [1.165, 1.54) is 24.5 Å². The van der Waals surface area contributed by atoms with E-state index in [2.05, 4.69) is 20.0 Å². The van der Waals surface area contributed by atoms with Gasteiger partial charge in [-0.05, 0) is 55.4 Å². The predicted octanol–water partition coefficient (Wildman–Crippen LogP) is 4.10. The van der Waals surface area contributed by atoms with Crippen LogP contribution in [-0.4, -0.2) is 39.7 Å². The van der Waals surface area contributed by atoms with Crippen molar-refractivity contribution in [3.8, 4) is 5.75 Å². The minimum atomic E-state index is -4.73. The highest BCUT2D eigenvalue weighted by atomic mass is 19.4. The normalized spacial score (nSPS) is 18.9. The van der Waals surface area contributed by atoms with Crippen molar-refractivity contribution in [2.24, 2.45) is 0 Å². The summed E-state index contributed by atoms with van der Waals surface area (Å²) in [5, 5.41) is 2.99. The van der Waals surface area contributed by atoms with E-state index in [4.69, 9.17) is 0 Å². The lowest BCUT2D eigenvalue weighted by Gasteiger charge is -2.38. The van der Waals surface area contributed by atoms with Gasteiger partial charge >= 0.3 is 6.36 Å². The summed E-state index contributed by atoms with van der Waals surface area (Å²) < 4.78 is 41.9. The van der Waals surface area contributed by atoms with Crippen LogP contribution in [0.2, 0.25) is 0 Å². The fourth-order valence-electron chi connectivity index (χ4n) is 3.33. The fraction of sp³-hybridized carbons (Fsp3) is 0.450. The van der Waals surface area contributed by atoms with E-state index in [-0.39, 0.29) is 30.2 Å². The van der Waals surface area contributed by atoms with Gasteiger partial charge < -0.3 is 15.0 Å². The molecule has 0 radical (unpaired) electrons. The quantitative estimate of drug-likeness (QED) is 0.782. The highest BCUT2D eigenvalue weighted by Crippen LogP contribution is 2.42. The number of likely N-dealkylation sites (tertiary alicyclic amines) is 1. The Bertz CT molecular complexity index is 898. The molecule has 1 amide bonds. The standard InChI is InChI=1S/C20H21F3N4O2/c1-12-4-5-27(12)18(28)16-10-25-19(26-11-16)24-9-13-6-15(14-2-3-14)8-17(7-13)29-20(21,22)23/h6-8,10-12,14H,2-5,9H2,1H3,(H,24,25,26). The summed E-state index contributed by atoms with van der Waals surface area (Å²) in [5.41, 5.74) is 1.90. The number of nitrogens with zero attached hydrogens (tertiary/aromatic N) is 3. The highest BCUT2D eigenvalue weighted by Gasteiger charge is 2.32. The minimum absolute atomic E-state index is 0.0959. The Morgan fingerprint density at radius 2 is 1.93 bits per heavy atom. The van der Waals surface area contributed by atoms with E-state index in [9.17, 15) is 18.0 Å². The van der Waals surface area contributed by atoms with Gasteiger partial charge in [0.1, 0.15) is 5.75 Å². The second-order valence-corrected chi connectivity index (χ2v) is 7.52. The van der Waals surface area contributed by atoms with Crippen LogP contribution in [0.5, 0.6) is 5.75 Å². The molecule has 6 nitrogen and oxygen atoms in total. The van der Waals surface area contributed by atoms with Crippen molar-refractivity contribution in [3.63, 3.8) is 0 Å². The maximum absolute atomic E-state index is 12.6. The number of hydrogen-bond donors (Lipinski definition) is 1. The number of alkyl halides is 3. The molecule has 2 aromatic rings. The molecule has 1 atom stereocenters. The lowest BCUT2D eigenvalue weighted by molar-refractivity contribution is -0.274. The molecule has 9 heteroatoms. The molecule has 2 fully saturated rings. The number of carbonyl (C=O) groups is 1. The largest absolute Gasteiger partial charge is 0.573 e. The van der Waals surface area contributed by atoms with Gasteiger partial charge in [0.2, 0.25) is 5.95 Å². The minimum Gasteiger partial charge on any atom is -0.406 e. The van der Waals surface area contributed by atoms with Crippen LogP contribution in [0.3, 0.4) is 0 Å². The number of rotatable bonds is 6. The van der Waals surface area contributed by atoms with Crippen molar-refractivity contribution < 1.29 is 22.7 Å². The van der Waals surface area contributed by atoms with Gasteiger partial charge in [0.05, 0.1) is 5.56 Å². The number of nitrogens with one attached hydrogen (secondary N) is 1. The Kier molecular flexibility index (Phi) is 5.06. The van der Waals surface area contributed by atoms with Crippen LogP contribution in [0.1, 0.15) is 53.6 Å². The van der Waals surface area contributed by atoms with E-state index >= 15 is 0 Å². The number of hydrogen-bond acceptors (Lipinski definition) is 5. The first-order chi connectivity index (χ1) is 13.8. The molecule has 1 unspecified atom stereocenters. The van der Waals surface area contributed by atoms with E-state index in [1.807, 2.05) is 13.0 Å². The second kappa shape index (κ2) is 7.53. The van der Waals surface area contributed by atoms with Crippen LogP contribution >= 0.6 is 0 Å². The van der Waals surface area contributed by atoms with Gasteiger partial charge in [-0.15, -0.1) is 13.2 Å². The topological polar surface area (TPSA) is 67.4 Å². The molecule has 2 aliphatic rings. The summed E-state index contributed by atoms with van der Waals surface area (Å²) in [4.78, 5) is 22.4. The number of halogens is 3. The fourth-order valence-corrected chi connectivity index (χ4v) is 3.33. The Balaban J connectivity index is 1.42. The third-order valence-electron chi connectivity index (χ3n) is 5.20. The van der Waals surface area contributed by atoms with Gasteiger partial charge in [0.15, 0.2) is 0 Å². The maximum atomic E-state index is 12.6. The van der Waals surface area contributed by atoms with E-state index in [0.717, 1.165) is 31.4 Å². The first-order valence-corrected chi connectivity index (χ1v) is 9.55. The molecule has 1 N–H and O–H groups in total.